The Hall–Kier alpha value is -2.66. The van der Waals surface area contributed by atoms with Gasteiger partial charge in [-0.1, -0.05) is 54.6 Å². The van der Waals surface area contributed by atoms with E-state index in [1.165, 1.54) is 0 Å². The molecule has 5 heteroatoms. The number of aliphatic carboxylic acids is 1. The summed E-state index contributed by atoms with van der Waals surface area (Å²) in [5.41, 5.74) is 3.16. The molecular formula is C20H21NO4. The van der Waals surface area contributed by atoms with E-state index in [0.717, 1.165) is 16.7 Å². The number of nitrogens with zero attached hydrogens (tertiary/aromatic N) is 1. The van der Waals surface area contributed by atoms with Gasteiger partial charge >= 0.3 is 5.97 Å². The molecule has 0 aliphatic carbocycles. The Bertz CT molecular complexity index is 727. The molecule has 3 rings (SSSR count). The summed E-state index contributed by atoms with van der Waals surface area (Å²) in [6, 6.07) is 17.6. The van der Waals surface area contributed by atoms with Crippen molar-refractivity contribution in [3.63, 3.8) is 0 Å². The molecule has 0 spiro atoms. The van der Waals surface area contributed by atoms with Gasteiger partial charge in [0.15, 0.2) is 0 Å². The SMILES string of the molecule is O=C(O)CC1COCCN1C(=O)Cc1ccc(-c2ccccc2)cc1. The maximum atomic E-state index is 12.6. The highest BCUT2D eigenvalue weighted by atomic mass is 16.5. The van der Waals surface area contributed by atoms with Crippen LogP contribution in [-0.4, -0.2) is 47.7 Å². The first-order valence-corrected chi connectivity index (χ1v) is 8.37. The summed E-state index contributed by atoms with van der Waals surface area (Å²) >= 11 is 0. The van der Waals surface area contributed by atoms with Crippen LogP contribution in [0.15, 0.2) is 54.6 Å². The molecule has 25 heavy (non-hydrogen) atoms. The quantitative estimate of drug-likeness (QED) is 0.909. The van der Waals surface area contributed by atoms with Crippen molar-refractivity contribution < 1.29 is 19.4 Å². The Morgan fingerprint density at radius 2 is 1.72 bits per heavy atom. The second-order valence-electron chi connectivity index (χ2n) is 6.15. The smallest absolute Gasteiger partial charge is 0.305 e. The van der Waals surface area contributed by atoms with Crippen molar-refractivity contribution in [2.75, 3.05) is 19.8 Å². The largest absolute Gasteiger partial charge is 0.481 e. The second-order valence-corrected chi connectivity index (χ2v) is 6.15. The van der Waals surface area contributed by atoms with Crippen LogP contribution in [0.3, 0.4) is 0 Å². The van der Waals surface area contributed by atoms with Gasteiger partial charge in [0.1, 0.15) is 0 Å². The van der Waals surface area contributed by atoms with E-state index >= 15 is 0 Å². The lowest BCUT2D eigenvalue weighted by molar-refractivity contribution is -0.145. The van der Waals surface area contributed by atoms with E-state index in [2.05, 4.69) is 0 Å². The summed E-state index contributed by atoms with van der Waals surface area (Å²) in [6.07, 6.45) is 0.184. The molecule has 1 unspecified atom stereocenters. The van der Waals surface area contributed by atoms with Crippen LogP contribution >= 0.6 is 0 Å². The van der Waals surface area contributed by atoms with Gasteiger partial charge < -0.3 is 14.7 Å². The molecule has 1 fully saturated rings. The maximum Gasteiger partial charge on any atom is 0.305 e. The normalized spacial score (nSPS) is 17.3. The van der Waals surface area contributed by atoms with Crippen molar-refractivity contribution in [3.8, 4) is 11.1 Å². The summed E-state index contributed by atoms with van der Waals surface area (Å²) in [6.45, 7) is 1.18. The first kappa shape index (κ1) is 17.2. The van der Waals surface area contributed by atoms with Crippen LogP contribution in [-0.2, 0) is 20.7 Å². The zero-order valence-corrected chi connectivity index (χ0v) is 13.9. The Balaban J connectivity index is 1.66. The number of carboxylic acid groups (broad SMARTS) is 1. The number of hydrogen-bond donors (Lipinski definition) is 1. The number of amides is 1. The van der Waals surface area contributed by atoms with Crippen molar-refractivity contribution in [1.82, 2.24) is 4.90 Å². The second kappa shape index (κ2) is 7.94. The summed E-state index contributed by atoms with van der Waals surface area (Å²) in [5, 5.41) is 9.00. The van der Waals surface area contributed by atoms with Gasteiger partial charge in [0.25, 0.3) is 0 Å². The van der Waals surface area contributed by atoms with E-state index in [1.807, 2.05) is 54.6 Å². The van der Waals surface area contributed by atoms with Crippen LogP contribution in [0.2, 0.25) is 0 Å². The molecule has 2 aromatic rings. The van der Waals surface area contributed by atoms with Crippen LogP contribution in [0.25, 0.3) is 11.1 Å². The predicted molar refractivity (Wildman–Crippen MR) is 94.2 cm³/mol. The highest BCUT2D eigenvalue weighted by Gasteiger charge is 2.28. The van der Waals surface area contributed by atoms with E-state index in [-0.39, 0.29) is 31.4 Å². The number of ether oxygens (including phenoxy) is 1. The van der Waals surface area contributed by atoms with Crippen molar-refractivity contribution in [2.45, 2.75) is 18.9 Å². The van der Waals surface area contributed by atoms with E-state index in [0.29, 0.717) is 13.2 Å². The van der Waals surface area contributed by atoms with E-state index < -0.39 is 5.97 Å². The Kier molecular flexibility index (Phi) is 5.46. The Labute approximate surface area is 146 Å². The van der Waals surface area contributed by atoms with Gasteiger partial charge in [-0.2, -0.15) is 0 Å². The first-order valence-electron chi connectivity index (χ1n) is 8.37. The van der Waals surface area contributed by atoms with Crippen LogP contribution in [0.4, 0.5) is 0 Å². The van der Waals surface area contributed by atoms with Crippen molar-refractivity contribution >= 4 is 11.9 Å². The molecule has 2 aromatic carbocycles. The highest BCUT2D eigenvalue weighted by Crippen LogP contribution is 2.20. The predicted octanol–water partition coefficient (Wildman–Crippen LogP) is 2.60. The van der Waals surface area contributed by atoms with Gasteiger partial charge in [-0.3, -0.25) is 9.59 Å². The monoisotopic (exact) mass is 339 g/mol. The topological polar surface area (TPSA) is 66.8 Å². The summed E-state index contributed by atoms with van der Waals surface area (Å²) < 4.78 is 5.32. The van der Waals surface area contributed by atoms with Crippen LogP contribution in [0.5, 0.6) is 0 Å². The molecule has 1 aliphatic rings. The summed E-state index contributed by atoms with van der Waals surface area (Å²) in [4.78, 5) is 25.2. The molecule has 1 saturated heterocycles. The fourth-order valence-electron chi connectivity index (χ4n) is 3.08. The third-order valence-corrected chi connectivity index (χ3v) is 4.37. The summed E-state index contributed by atoms with van der Waals surface area (Å²) in [7, 11) is 0. The minimum absolute atomic E-state index is 0.0537. The van der Waals surface area contributed by atoms with E-state index in [1.54, 1.807) is 4.90 Å². The molecule has 1 aliphatic heterocycles. The van der Waals surface area contributed by atoms with Crippen molar-refractivity contribution in [2.24, 2.45) is 0 Å². The average molecular weight is 339 g/mol. The molecule has 5 nitrogen and oxygen atoms in total. The van der Waals surface area contributed by atoms with Crippen LogP contribution in [0.1, 0.15) is 12.0 Å². The number of benzene rings is 2. The molecule has 130 valence electrons. The number of rotatable bonds is 5. The van der Waals surface area contributed by atoms with E-state index in [9.17, 15) is 9.59 Å². The lowest BCUT2D eigenvalue weighted by Crippen LogP contribution is -2.50. The van der Waals surface area contributed by atoms with Crippen LogP contribution in [0, 0.1) is 0 Å². The third-order valence-electron chi connectivity index (χ3n) is 4.37. The fraction of sp³-hybridized carbons (Fsp3) is 0.300. The average Bonchev–Trinajstić information content (AvgIpc) is 2.63. The van der Waals surface area contributed by atoms with Gasteiger partial charge in [0.05, 0.1) is 32.1 Å². The summed E-state index contributed by atoms with van der Waals surface area (Å²) in [5.74, 6) is -0.970. The van der Waals surface area contributed by atoms with Crippen molar-refractivity contribution in [1.29, 1.82) is 0 Å². The van der Waals surface area contributed by atoms with Crippen LogP contribution < -0.4 is 0 Å². The zero-order valence-electron chi connectivity index (χ0n) is 13.9. The van der Waals surface area contributed by atoms with Gasteiger partial charge in [0, 0.05) is 6.54 Å². The Morgan fingerprint density at radius 3 is 2.40 bits per heavy atom. The number of carboxylic acids is 1. The highest BCUT2D eigenvalue weighted by molar-refractivity contribution is 5.80. The fourth-order valence-corrected chi connectivity index (χ4v) is 3.08. The zero-order chi connectivity index (χ0) is 17.6. The van der Waals surface area contributed by atoms with Gasteiger partial charge in [0.2, 0.25) is 5.91 Å². The van der Waals surface area contributed by atoms with Gasteiger partial charge in [-0.05, 0) is 16.7 Å². The first-order chi connectivity index (χ1) is 12.1. The standard InChI is InChI=1S/C20H21NO4/c22-19(21-10-11-25-14-18(21)13-20(23)24)12-15-6-8-17(9-7-15)16-4-2-1-3-5-16/h1-9,18H,10-14H2,(H,23,24). The number of morpholine rings is 1. The molecule has 1 N–H and O–H groups in total. The molecule has 1 amide bonds. The lowest BCUT2D eigenvalue weighted by Gasteiger charge is -2.35. The minimum atomic E-state index is -0.916. The molecule has 0 bridgehead atoms. The lowest BCUT2D eigenvalue weighted by atomic mass is 10.0. The number of carbonyl (C=O) groups excluding carboxylic acids is 1. The van der Waals surface area contributed by atoms with Gasteiger partial charge in [-0.25, -0.2) is 0 Å². The third kappa shape index (κ3) is 4.45. The number of carbonyl (C=O) groups is 2. The molecule has 0 saturated carbocycles. The molecular weight excluding hydrogens is 318 g/mol. The molecule has 1 atom stereocenters. The molecule has 0 aromatic heterocycles. The maximum absolute atomic E-state index is 12.6. The molecule has 1 heterocycles. The van der Waals surface area contributed by atoms with E-state index in [4.69, 9.17) is 9.84 Å². The Morgan fingerprint density at radius 1 is 1.04 bits per heavy atom. The minimum Gasteiger partial charge on any atom is -0.481 e. The van der Waals surface area contributed by atoms with Crippen molar-refractivity contribution in [3.05, 3.63) is 60.2 Å². The van der Waals surface area contributed by atoms with Gasteiger partial charge in [-0.15, -0.1) is 0 Å². The number of hydrogen-bond acceptors (Lipinski definition) is 3. The molecule has 0 radical (unpaired) electrons.